The fraction of sp³-hybridized carbons (Fsp3) is 0.188. The van der Waals surface area contributed by atoms with Gasteiger partial charge in [-0.2, -0.15) is 0 Å². The van der Waals surface area contributed by atoms with Crippen LogP contribution in [0.4, 0.5) is 0 Å². The predicted octanol–water partition coefficient (Wildman–Crippen LogP) is 6.31. The van der Waals surface area contributed by atoms with Gasteiger partial charge in [0, 0.05) is 0 Å². The summed E-state index contributed by atoms with van der Waals surface area (Å²) >= 11 is 0. The average Bonchev–Trinajstić information content (AvgIpc) is 2.96. The van der Waals surface area contributed by atoms with Crippen molar-refractivity contribution in [1.82, 2.24) is 0 Å². The second-order valence-electron chi connectivity index (χ2n) is 8.30. The van der Waals surface area contributed by atoms with E-state index < -0.39 is 5.92 Å². The molecule has 0 atom stereocenters. The van der Waals surface area contributed by atoms with Crippen molar-refractivity contribution in [2.45, 2.75) is 6.42 Å². The first kappa shape index (κ1) is 28.0. The van der Waals surface area contributed by atoms with E-state index >= 15 is 0 Å². The number of allylic oxidation sites excluding steroid dienone is 3. The van der Waals surface area contributed by atoms with E-state index in [0.29, 0.717) is 23.0 Å². The van der Waals surface area contributed by atoms with Gasteiger partial charge in [0.2, 0.25) is 0 Å². The maximum Gasteiger partial charge on any atom is 0.166 e. The van der Waals surface area contributed by atoms with Gasteiger partial charge in [-0.25, -0.2) is 0 Å². The number of methoxy groups -OCH3 is 4. The molecule has 3 aromatic rings. The second-order valence-corrected chi connectivity index (χ2v) is 8.30. The molecule has 196 valence electrons. The average molecular weight is 513 g/mol. The quantitative estimate of drug-likeness (QED) is 0.198. The lowest BCUT2D eigenvalue weighted by Gasteiger charge is -2.10. The van der Waals surface area contributed by atoms with Crippen LogP contribution in [0.2, 0.25) is 0 Å². The first-order chi connectivity index (χ1) is 18.5. The van der Waals surface area contributed by atoms with Crippen LogP contribution in [0.5, 0.6) is 23.0 Å². The third kappa shape index (κ3) is 7.71. The van der Waals surface area contributed by atoms with Gasteiger partial charge in [0.15, 0.2) is 34.6 Å². The third-order valence-corrected chi connectivity index (χ3v) is 5.86. The Bertz CT molecular complexity index is 1240. The lowest BCUT2D eigenvalue weighted by atomic mass is 9.93. The van der Waals surface area contributed by atoms with Crippen LogP contribution in [-0.2, 0) is 9.59 Å². The van der Waals surface area contributed by atoms with E-state index in [-0.39, 0.29) is 18.0 Å². The molecule has 6 nitrogen and oxygen atoms in total. The van der Waals surface area contributed by atoms with E-state index in [9.17, 15) is 9.59 Å². The van der Waals surface area contributed by atoms with Gasteiger partial charge in [-0.05, 0) is 59.5 Å². The molecular formula is C32H32O6. The molecule has 3 rings (SSSR count). The standard InChI is InChI=1S/C32H32O6/c1-35-29-19-15-24(21-31(29)37-3)13-17-27(33)26(12-8-11-23-9-6-5-7-10-23)28(34)18-14-25-16-20-30(36-2)32(22-25)38-4/h5-11,13-22,26H,12H2,1-4H3/b11-8?,17-13+,18-14+. The van der Waals surface area contributed by atoms with E-state index in [1.807, 2.05) is 54.6 Å². The lowest BCUT2D eigenvalue weighted by molar-refractivity contribution is -0.127. The second kappa shape index (κ2) is 14.2. The largest absolute Gasteiger partial charge is 0.493 e. The number of carbonyl (C=O) groups is 2. The van der Waals surface area contributed by atoms with Gasteiger partial charge in [-0.3, -0.25) is 9.59 Å². The summed E-state index contributed by atoms with van der Waals surface area (Å²) in [5, 5.41) is 0. The summed E-state index contributed by atoms with van der Waals surface area (Å²) < 4.78 is 21.2. The summed E-state index contributed by atoms with van der Waals surface area (Å²) in [6.45, 7) is 0. The van der Waals surface area contributed by atoms with Gasteiger partial charge >= 0.3 is 0 Å². The molecule has 0 aliphatic carbocycles. The molecule has 0 aliphatic heterocycles. The molecule has 3 aromatic carbocycles. The number of hydrogen-bond donors (Lipinski definition) is 0. The van der Waals surface area contributed by atoms with Crippen molar-refractivity contribution in [3.63, 3.8) is 0 Å². The van der Waals surface area contributed by atoms with Crippen molar-refractivity contribution in [2.75, 3.05) is 28.4 Å². The molecule has 0 amide bonds. The van der Waals surface area contributed by atoms with E-state index in [0.717, 1.165) is 16.7 Å². The topological polar surface area (TPSA) is 71.1 Å². The first-order valence-electron chi connectivity index (χ1n) is 12.1. The van der Waals surface area contributed by atoms with Crippen LogP contribution < -0.4 is 18.9 Å². The number of ether oxygens (including phenoxy) is 4. The van der Waals surface area contributed by atoms with Crippen LogP contribution in [0.25, 0.3) is 18.2 Å². The number of hydrogen-bond acceptors (Lipinski definition) is 6. The normalized spacial score (nSPS) is 11.4. The Morgan fingerprint density at radius 2 is 1.08 bits per heavy atom. The van der Waals surface area contributed by atoms with Crippen LogP contribution >= 0.6 is 0 Å². The van der Waals surface area contributed by atoms with Crippen LogP contribution in [0.15, 0.2) is 85.0 Å². The predicted molar refractivity (Wildman–Crippen MR) is 151 cm³/mol. The highest BCUT2D eigenvalue weighted by Gasteiger charge is 2.21. The smallest absolute Gasteiger partial charge is 0.166 e. The van der Waals surface area contributed by atoms with Crippen molar-refractivity contribution in [3.8, 4) is 23.0 Å². The van der Waals surface area contributed by atoms with E-state index in [2.05, 4.69) is 0 Å². The van der Waals surface area contributed by atoms with Crippen molar-refractivity contribution < 1.29 is 28.5 Å². The molecule has 0 heterocycles. The van der Waals surface area contributed by atoms with Crippen LogP contribution in [0, 0.1) is 5.92 Å². The summed E-state index contributed by atoms with van der Waals surface area (Å²) in [6, 6.07) is 20.4. The molecule has 6 heteroatoms. The SMILES string of the molecule is COc1ccc(/C=C/C(=O)C(CC=Cc2ccccc2)C(=O)/C=C/c2ccc(OC)c(OC)c2)cc1OC. The van der Waals surface area contributed by atoms with Crippen LogP contribution in [0.1, 0.15) is 23.1 Å². The minimum atomic E-state index is -0.872. The molecule has 0 aliphatic rings. The molecular weight excluding hydrogens is 480 g/mol. The summed E-state index contributed by atoms with van der Waals surface area (Å²) in [5.41, 5.74) is 2.50. The van der Waals surface area contributed by atoms with Gasteiger partial charge in [0.1, 0.15) is 0 Å². The van der Waals surface area contributed by atoms with Gasteiger partial charge in [-0.1, -0.05) is 66.8 Å². The summed E-state index contributed by atoms with van der Waals surface area (Å²) in [4.78, 5) is 26.4. The maximum atomic E-state index is 13.2. The highest BCUT2D eigenvalue weighted by Crippen LogP contribution is 2.29. The molecule has 0 aromatic heterocycles. The Labute approximate surface area is 223 Å². The molecule has 0 saturated heterocycles. The highest BCUT2D eigenvalue weighted by atomic mass is 16.5. The zero-order chi connectivity index (χ0) is 27.3. The molecule has 38 heavy (non-hydrogen) atoms. The molecule has 0 radical (unpaired) electrons. The Balaban J connectivity index is 1.82. The van der Waals surface area contributed by atoms with Crippen LogP contribution in [-0.4, -0.2) is 40.0 Å². The number of carbonyl (C=O) groups excluding carboxylic acids is 2. The van der Waals surface area contributed by atoms with Gasteiger partial charge in [0.25, 0.3) is 0 Å². The Hall–Kier alpha value is -4.58. The van der Waals surface area contributed by atoms with Crippen molar-refractivity contribution in [2.24, 2.45) is 5.92 Å². The molecule has 0 saturated carbocycles. The van der Waals surface area contributed by atoms with E-state index in [4.69, 9.17) is 18.9 Å². The van der Waals surface area contributed by atoms with Crippen molar-refractivity contribution >= 4 is 29.8 Å². The maximum absolute atomic E-state index is 13.2. The monoisotopic (exact) mass is 512 g/mol. The van der Waals surface area contributed by atoms with Crippen LogP contribution in [0.3, 0.4) is 0 Å². The number of rotatable bonds is 13. The summed E-state index contributed by atoms with van der Waals surface area (Å²) in [7, 11) is 6.22. The van der Waals surface area contributed by atoms with Gasteiger partial charge in [-0.15, -0.1) is 0 Å². The summed E-state index contributed by atoms with van der Waals surface area (Å²) in [5.74, 6) is 0.837. The Morgan fingerprint density at radius 3 is 1.53 bits per heavy atom. The Morgan fingerprint density at radius 1 is 0.605 bits per heavy atom. The molecule has 0 spiro atoms. The zero-order valence-electron chi connectivity index (χ0n) is 22.0. The van der Waals surface area contributed by atoms with Crippen molar-refractivity contribution in [1.29, 1.82) is 0 Å². The van der Waals surface area contributed by atoms with E-state index in [1.165, 1.54) is 12.2 Å². The summed E-state index contributed by atoms with van der Waals surface area (Å²) in [6.07, 6.45) is 10.2. The zero-order valence-corrected chi connectivity index (χ0v) is 22.0. The van der Waals surface area contributed by atoms with Gasteiger partial charge in [0.05, 0.1) is 34.4 Å². The minimum Gasteiger partial charge on any atom is -0.493 e. The fourth-order valence-corrected chi connectivity index (χ4v) is 3.78. The highest BCUT2D eigenvalue weighted by molar-refractivity contribution is 6.13. The van der Waals surface area contributed by atoms with Crippen molar-refractivity contribution in [3.05, 3.63) is 102 Å². The number of ketones is 2. The number of benzene rings is 3. The van der Waals surface area contributed by atoms with Gasteiger partial charge < -0.3 is 18.9 Å². The molecule has 0 bridgehead atoms. The van der Waals surface area contributed by atoms with E-state index in [1.54, 1.807) is 64.9 Å². The molecule has 0 fully saturated rings. The fourth-order valence-electron chi connectivity index (χ4n) is 3.78. The molecule has 0 N–H and O–H groups in total. The minimum absolute atomic E-state index is 0.263. The Kier molecular flexibility index (Phi) is 10.5. The first-order valence-corrected chi connectivity index (χ1v) is 12.1. The molecule has 0 unspecified atom stereocenters. The third-order valence-electron chi connectivity index (χ3n) is 5.86. The lowest BCUT2D eigenvalue weighted by Crippen LogP contribution is -2.20.